The molecule has 0 radical (unpaired) electrons. The molecule has 0 aromatic heterocycles. The summed E-state index contributed by atoms with van der Waals surface area (Å²) in [6.45, 7) is 5.08. The highest BCUT2D eigenvalue weighted by Gasteiger charge is 2.07. The number of hydrogen-bond acceptors (Lipinski definition) is 3. The second-order valence-corrected chi connectivity index (χ2v) is 3.80. The SMILES string of the molecule is CCCOCc1cc(C(C)O)ccc1OC. The quantitative estimate of drug-likeness (QED) is 0.755. The van der Waals surface area contributed by atoms with Gasteiger partial charge in [0.25, 0.3) is 0 Å². The van der Waals surface area contributed by atoms with Gasteiger partial charge in [0.05, 0.1) is 19.8 Å². The van der Waals surface area contributed by atoms with E-state index in [-0.39, 0.29) is 0 Å². The Hall–Kier alpha value is -1.06. The first-order valence-electron chi connectivity index (χ1n) is 5.61. The normalized spacial score (nSPS) is 12.5. The van der Waals surface area contributed by atoms with Crippen LogP contribution in [0.25, 0.3) is 0 Å². The van der Waals surface area contributed by atoms with Crippen LogP contribution >= 0.6 is 0 Å². The zero-order valence-corrected chi connectivity index (χ0v) is 10.2. The zero-order valence-electron chi connectivity index (χ0n) is 10.2. The molecular formula is C13H20O3. The van der Waals surface area contributed by atoms with E-state index in [0.717, 1.165) is 29.9 Å². The van der Waals surface area contributed by atoms with Crippen LogP contribution < -0.4 is 4.74 Å². The lowest BCUT2D eigenvalue weighted by atomic mass is 10.1. The van der Waals surface area contributed by atoms with Crippen molar-refractivity contribution in [2.24, 2.45) is 0 Å². The average molecular weight is 224 g/mol. The Kier molecular flexibility index (Phi) is 5.29. The third-order valence-electron chi connectivity index (χ3n) is 2.39. The maximum Gasteiger partial charge on any atom is 0.124 e. The summed E-state index contributed by atoms with van der Waals surface area (Å²) in [5, 5.41) is 9.50. The molecule has 0 aliphatic carbocycles. The largest absolute Gasteiger partial charge is 0.496 e. The van der Waals surface area contributed by atoms with Crippen LogP contribution in [-0.2, 0) is 11.3 Å². The van der Waals surface area contributed by atoms with Crippen molar-refractivity contribution < 1.29 is 14.6 Å². The molecule has 1 atom stereocenters. The molecule has 16 heavy (non-hydrogen) atoms. The van der Waals surface area contributed by atoms with Gasteiger partial charge in [0.15, 0.2) is 0 Å². The molecule has 0 fully saturated rings. The molecule has 0 heterocycles. The summed E-state index contributed by atoms with van der Waals surface area (Å²) in [4.78, 5) is 0. The Labute approximate surface area is 97.0 Å². The predicted octanol–water partition coefficient (Wildman–Crippen LogP) is 2.68. The lowest BCUT2D eigenvalue weighted by Crippen LogP contribution is -2.00. The summed E-state index contributed by atoms with van der Waals surface area (Å²) in [5.74, 6) is 0.806. The van der Waals surface area contributed by atoms with Crippen LogP contribution in [0.5, 0.6) is 5.75 Å². The maximum atomic E-state index is 9.50. The second-order valence-electron chi connectivity index (χ2n) is 3.80. The highest BCUT2D eigenvalue weighted by atomic mass is 16.5. The lowest BCUT2D eigenvalue weighted by Gasteiger charge is -2.12. The molecule has 1 N–H and O–H groups in total. The van der Waals surface area contributed by atoms with Crippen LogP contribution in [0, 0.1) is 0 Å². The van der Waals surface area contributed by atoms with Gasteiger partial charge in [-0.05, 0) is 31.0 Å². The van der Waals surface area contributed by atoms with Crippen molar-refractivity contribution in [3.05, 3.63) is 29.3 Å². The fourth-order valence-electron chi connectivity index (χ4n) is 1.50. The number of hydrogen-bond donors (Lipinski definition) is 1. The van der Waals surface area contributed by atoms with E-state index in [4.69, 9.17) is 9.47 Å². The third-order valence-corrected chi connectivity index (χ3v) is 2.39. The van der Waals surface area contributed by atoms with Crippen LogP contribution in [-0.4, -0.2) is 18.8 Å². The van der Waals surface area contributed by atoms with Gasteiger partial charge in [-0.3, -0.25) is 0 Å². The van der Waals surface area contributed by atoms with Gasteiger partial charge < -0.3 is 14.6 Å². The minimum absolute atomic E-state index is 0.462. The minimum Gasteiger partial charge on any atom is -0.496 e. The van der Waals surface area contributed by atoms with E-state index in [1.165, 1.54) is 0 Å². The molecule has 1 aromatic carbocycles. The number of rotatable bonds is 6. The van der Waals surface area contributed by atoms with E-state index in [1.54, 1.807) is 14.0 Å². The van der Waals surface area contributed by atoms with Crippen LogP contribution in [0.2, 0.25) is 0 Å². The van der Waals surface area contributed by atoms with Gasteiger partial charge in [0, 0.05) is 12.2 Å². The molecule has 0 spiro atoms. The van der Waals surface area contributed by atoms with Crippen LogP contribution in [0.1, 0.15) is 37.5 Å². The van der Waals surface area contributed by atoms with Gasteiger partial charge in [-0.2, -0.15) is 0 Å². The Morgan fingerprint density at radius 3 is 2.69 bits per heavy atom. The van der Waals surface area contributed by atoms with Crippen LogP contribution in [0.4, 0.5) is 0 Å². The molecule has 0 bridgehead atoms. The molecular weight excluding hydrogens is 204 g/mol. The molecule has 1 aromatic rings. The number of aliphatic hydroxyl groups excluding tert-OH is 1. The van der Waals surface area contributed by atoms with Crippen molar-refractivity contribution in [1.82, 2.24) is 0 Å². The van der Waals surface area contributed by atoms with E-state index < -0.39 is 6.10 Å². The number of benzene rings is 1. The lowest BCUT2D eigenvalue weighted by molar-refractivity contribution is 0.119. The molecule has 0 amide bonds. The Bertz CT molecular complexity index is 321. The van der Waals surface area contributed by atoms with E-state index in [9.17, 15) is 5.11 Å². The van der Waals surface area contributed by atoms with Gasteiger partial charge in [0.2, 0.25) is 0 Å². The first-order valence-corrected chi connectivity index (χ1v) is 5.61. The van der Waals surface area contributed by atoms with Crippen LogP contribution in [0.3, 0.4) is 0 Å². The van der Waals surface area contributed by atoms with Crippen molar-refractivity contribution >= 4 is 0 Å². The highest BCUT2D eigenvalue weighted by molar-refractivity contribution is 5.37. The molecule has 0 saturated heterocycles. The Balaban J connectivity index is 2.80. The summed E-state index contributed by atoms with van der Waals surface area (Å²) in [7, 11) is 1.64. The molecule has 0 aliphatic rings. The topological polar surface area (TPSA) is 38.7 Å². The molecule has 90 valence electrons. The fourth-order valence-corrected chi connectivity index (χ4v) is 1.50. The van der Waals surface area contributed by atoms with Crippen molar-refractivity contribution in [3.63, 3.8) is 0 Å². The summed E-state index contributed by atoms with van der Waals surface area (Å²) < 4.78 is 10.7. The second kappa shape index (κ2) is 6.51. The Morgan fingerprint density at radius 1 is 1.38 bits per heavy atom. The van der Waals surface area contributed by atoms with Gasteiger partial charge >= 0.3 is 0 Å². The molecule has 1 unspecified atom stereocenters. The molecule has 0 saturated carbocycles. The van der Waals surface area contributed by atoms with Gasteiger partial charge in [-0.15, -0.1) is 0 Å². The standard InChI is InChI=1S/C13H20O3/c1-4-7-16-9-12-8-11(10(2)14)5-6-13(12)15-3/h5-6,8,10,14H,4,7,9H2,1-3H3. The van der Waals surface area contributed by atoms with E-state index in [2.05, 4.69) is 6.92 Å². The average Bonchev–Trinajstić information content (AvgIpc) is 2.29. The van der Waals surface area contributed by atoms with E-state index in [1.807, 2.05) is 18.2 Å². The number of ether oxygens (including phenoxy) is 2. The fraction of sp³-hybridized carbons (Fsp3) is 0.538. The number of aliphatic hydroxyl groups is 1. The smallest absolute Gasteiger partial charge is 0.124 e. The van der Waals surface area contributed by atoms with E-state index >= 15 is 0 Å². The van der Waals surface area contributed by atoms with Gasteiger partial charge in [-0.1, -0.05) is 13.0 Å². The Morgan fingerprint density at radius 2 is 2.12 bits per heavy atom. The predicted molar refractivity (Wildman–Crippen MR) is 63.6 cm³/mol. The zero-order chi connectivity index (χ0) is 12.0. The van der Waals surface area contributed by atoms with Crippen molar-refractivity contribution in [1.29, 1.82) is 0 Å². The van der Waals surface area contributed by atoms with Crippen molar-refractivity contribution in [2.45, 2.75) is 33.0 Å². The van der Waals surface area contributed by atoms with Crippen molar-refractivity contribution in [2.75, 3.05) is 13.7 Å². The number of methoxy groups -OCH3 is 1. The summed E-state index contributed by atoms with van der Waals surface area (Å²) in [5.41, 5.74) is 1.87. The summed E-state index contributed by atoms with van der Waals surface area (Å²) in [6.07, 6.45) is 0.536. The highest BCUT2D eigenvalue weighted by Crippen LogP contribution is 2.23. The van der Waals surface area contributed by atoms with Gasteiger partial charge in [-0.25, -0.2) is 0 Å². The molecule has 0 aliphatic heterocycles. The van der Waals surface area contributed by atoms with Gasteiger partial charge in [0.1, 0.15) is 5.75 Å². The maximum absolute atomic E-state index is 9.50. The molecule has 1 rings (SSSR count). The summed E-state index contributed by atoms with van der Waals surface area (Å²) in [6, 6.07) is 5.67. The molecule has 3 heteroatoms. The van der Waals surface area contributed by atoms with Crippen LogP contribution in [0.15, 0.2) is 18.2 Å². The summed E-state index contributed by atoms with van der Waals surface area (Å²) >= 11 is 0. The van der Waals surface area contributed by atoms with E-state index in [0.29, 0.717) is 6.61 Å². The third kappa shape index (κ3) is 3.51. The first kappa shape index (κ1) is 13.0. The minimum atomic E-state index is -0.462. The molecule has 3 nitrogen and oxygen atoms in total. The first-order chi connectivity index (χ1) is 7.69. The monoisotopic (exact) mass is 224 g/mol. The van der Waals surface area contributed by atoms with Crippen molar-refractivity contribution in [3.8, 4) is 5.75 Å².